The largest absolute Gasteiger partial charge is 0.385 e. The number of methoxy groups -OCH3 is 1. The molecule has 4 rings (SSSR count). The van der Waals surface area contributed by atoms with E-state index in [9.17, 15) is 0 Å². The number of fused-ring (bicyclic) bond motifs is 2. The summed E-state index contributed by atoms with van der Waals surface area (Å²) in [6, 6.07) is 9.16. The first-order valence-electron chi connectivity index (χ1n) is 12.4. The highest BCUT2D eigenvalue weighted by Gasteiger charge is 2.28. The minimum Gasteiger partial charge on any atom is -0.385 e. The SMILES string of the molecule is CC.CC.COCCC[C@H]1C/C(=C2/c3ccc(Cl)cc3CCc3cc(Br)cnc32)CCN1C. The van der Waals surface area contributed by atoms with Gasteiger partial charge in [-0.15, -0.1) is 0 Å². The first-order valence-corrected chi connectivity index (χ1v) is 13.6. The van der Waals surface area contributed by atoms with Crippen molar-refractivity contribution in [2.45, 2.75) is 72.3 Å². The van der Waals surface area contributed by atoms with Crippen LogP contribution in [0.15, 0.2) is 40.5 Å². The lowest BCUT2D eigenvalue weighted by Gasteiger charge is -2.35. The van der Waals surface area contributed by atoms with Crippen LogP contribution in [0.2, 0.25) is 5.02 Å². The second-order valence-electron chi connectivity index (χ2n) is 8.16. The molecule has 1 aliphatic carbocycles. The average molecular weight is 536 g/mol. The Hall–Kier alpha value is -1.20. The van der Waals surface area contributed by atoms with Crippen LogP contribution in [0.4, 0.5) is 0 Å². The van der Waals surface area contributed by atoms with E-state index in [1.165, 1.54) is 27.8 Å². The zero-order chi connectivity index (χ0) is 24.4. The van der Waals surface area contributed by atoms with Crippen molar-refractivity contribution in [2.24, 2.45) is 0 Å². The summed E-state index contributed by atoms with van der Waals surface area (Å²) in [6.07, 6.45) is 8.36. The minimum atomic E-state index is 0.555. The van der Waals surface area contributed by atoms with E-state index in [4.69, 9.17) is 21.3 Å². The van der Waals surface area contributed by atoms with Gasteiger partial charge in [-0.3, -0.25) is 4.98 Å². The maximum absolute atomic E-state index is 6.36. The van der Waals surface area contributed by atoms with E-state index in [-0.39, 0.29) is 0 Å². The predicted molar refractivity (Wildman–Crippen MR) is 146 cm³/mol. The highest BCUT2D eigenvalue weighted by atomic mass is 79.9. The molecule has 2 aromatic rings. The van der Waals surface area contributed by atoms with Crippen LogP contribution in [-0.2, 0) is 17.6 Å². The summed E-state index contributed by atoms with van der Waals surface area (Å²) in [5.41, 5.74) is 8.02. The molecule has 1 aliphatic heterocycles. The zero-order valence-corrected chi connectivity index (χ0v) is 23.5. The lowest BCUT2D eigenvalue weighted by molar-refractivity contribution is 0.160. The molecule has 1 aromatic carbocycles. The van der Waals surface area contributed by atoms with Gasteiger partial charge >= 0.3 is 0 Å². The number of hydrogen-bond donors (Lipinski definition) is 0. The summed E-state index contributed by atoms with van der Waals surface area (Å²) in [5, 5.41) is 0.814. The van der Waals surface area contributed by atoms with Crippen LogP contribution in [0.25, 0.3) is 5.57 Å². The van der Waals surface area contributed by atoms with Gasteiger partial charge in [-0.1, -0.05) is 50.9 Å². The van der Waals surface area contributed by atoms with Gasteiger partial charge in [0.25, 0.3) is 0 Å². The Morgan fingerprint density at radius 1 is 1.09 bits per heavy atom. The van der Waals surface area contributed by atoms with Crippen LogP contribution in [0, 0.1) is 0 Å². The van der Waals surface area contributed by atoms with Gasteiger partial charge in [-0.25, -0.2) is 0 Å². The van der Waals surface area contributed by atoms with Crippen LogP contribution in [-0.4, -0.2) is 43.2 Å². The van der Waals surface area contributed by atoms with Crippen molar-refractivity contribution in [3.63, 3.8) is 0 Å². The van der Waals surface area contributed by atoms with Gasteiger partial charge < -0.3 is 9.64 Å². The summed E-state index contributed by atoms with van der Waals surface area (Å²) >= 11 is 9.97. The minimum absolute atomic E-state index is 0.555. The quantitative estimate of drug-likeness (QED) is 0.371. The topological polar surface area (TPSA) is 25.4 Å². The molecular formula is C28H40BrClN2O. The Kier molecular flexibility index (Phi) is 12.1. The number of hydrogen-bond acceptors (Lipinski definition) is 3. The van der Waals surface area contributed by atoms with E-state index in [0.717, 1.165) is 66.9 Å². The van der Waals surface area contributed by atoms with Crippen molar-refractivity contribution in [3.05, 3.63) is 67.9 Å². The van der Waals surface area contributed by atoms with Gasteiger partial charge in [0.15, 0.2) is 0 Å². The van der Waals surface area contributed by atoms with E-state index in [2.05, 4.69) is 46.1 Å². The number of rotatable bonds is 4. The van der Waals surface area contributed by atoms with Crippen LogP contribution in [0.5, 0.6) is 0 Å². The third-order valence-electron chi connectivity index (χ3n) is 6.28. The Bertz CT molecular complexity index is 873. The van der Waals surface area contributed by atoms with Crippen molar-refractivity contribution >= 4 is 33.1 Å². The van der Waals surface area contributed by atoms with E-state index in [1.807, 2.05) is 40.0 Å². The summed E-state index contributed by atoms with van der Waals surface area (Å²) in [7, 11) is 4.04. The number of aryl methyl sites for hydroxylation is 2. The maximum Gasteiger partial charge on any atom is 0.0740 e. The molecule has 1 fully saturated rings. The van der Waals surface area contributed by atoms with Crippen LogP contribution < -0.4 is 0 Å². The summed E-state index contributed by atoms with van der Waals surface area (Å²) < 4.78 is 6.33. The third-order valence-corrected chi connectivity index (χ3v) is 6.95. The molecule has 2 heterocycles. The summed E-state index contributed by atoms with van der Waals surface area (Å²) in [4.78, 5) is 7.41. The predicted octanol–water partition coefficient (Wildman–Crippen LogP) is 7.97. The second-order valence-corrected chi connectivity index (χ2v) is 9.52. The molecule has 1 atom stereocenters. The molecule has 0 bridgehead atoms. The van der Waals surface area contributed by atoms with Crippen LogP contribution in [0.1, 0.15) is 75.8 Å². The molecule has 3 nitrogen and oxygen atoms in total. The van der Waals surface area contributed by atoms with Crippen molar-refractivity contribution in [3.8, 4) is 0 Å². The summed E-state index contributed by atoms with van der Waals surface area (Å²) in [5.74, 6) is 0. The van der Waals surface area contributed by atoms with Gasteiger partial charge in [-0.05, 0) is 96.4 Å². The van der Waals surface area contributed by atoms with E-state index >= 15 is 0 Å². The number of benzene rings is 1. The monoisotopic (exact) mass is 534 g/mol. The highest BCUT2D eigenvalue weighted by molar-refractivity contribution is 9.10. The average Bonchev–Trinajstić information content (AvgIpc) is 2.99. The molecule has 0 amide bonds. The number of halogens is 2. The fourth-order valence-electron chi connectivity index (χ4n) is 4.71. The number of pyridine rings is 1. The van der Waals surface area contributed by atoms with Crippen LogP contribution >= 0.6 is 27.5 Å². The fourth-order valence-corrected chi connectivity index (χ4v) is 5.29. The van der Waals surface area contributed by atoms with E-state index < -0.39 is 0 Å². The molecule has 0 saturated carbocycles. The zero-order valence-electron chi connectivity index (χ0n) is 21.2. The Morgan fingerprint density at radius 3 is 2.55 bits per heavy atom. The van der Waals surface area contributed by atoms with Gasteiger partial charge in [0.2, 0.25) is 0 Å². The molecule has 1 saturated heterocycles. The third kappa shape index (κ3) is 7.14. The smallest absolute Gasteiger partial charge is 0.0740 e. The maximum atomic E-state index is 6.36. The highest BCUT2D eigenvalue weighted by Crippen LogP contribution is 2.40. The molecule has 5 heteroatoms. The molecule has 0 unspecified atom stereocenters. The van der Waals surface area contributed by atoms with Crippen molar-refractivity contribution in [2.75, 3.05) is 27.3 Å². The first kappa shape index (κ1) is 28.0. The molecular weight excluding hydrogens is 496 g/mol. The lowest BCUT2D eigenvalue weighted by Crippen LogP contribution is -2.37. The normalized spacial score (nSPS) is 19.8. The second kappa shape index (κ2) is 14.3. The van der Waals surface area contributed by atoms with Crippen molar-refractivity contribution < 1.29 is 4.74 Å². The molecule has 0 radical (unpaired) electrons. The van der Waals surface area contributed by atoms with Gasteiger partial charge in [-0.2, -0.15) is 0 Å². The van der Waals surface area contributed by atoms with E-state index in [0.29, 0.717) is 6.04 Å². The van der Waals surface area contributed by atoms with Crippen LogP contribution in [0.3, 0.4) is 0 Å². The van der Waals surface area contributed by atoms with Crippen molar-refractivity contribution in [1.82, 2.24) is 9.88 Å². The molecule has 2 aliphatic rings. The number of likely N-dealkylation sites (tertiary alicyclic amines) is 1. The van der Waals surface area contributed by atoms with Gasteiger partial charge in [0.1, 0.15) is 0 Å². The number of ether oxygens (including phenoxy) is 1. The Labute approximate surface area is 214 Å². The summed E-state index contributed by atoms with van der Waals surface area (Å²) in [6.45, 7) is 9.92. The Balaban J connectivity index is 0.000000914. The number of piperidine rings is 1. The van der Waals surface area contributed by atoms with Gasteiger partial charge in [0, 0.05) is 47.6 Å². The standard InChI is InChI=1S/C24H28BrClN2O.2C2H6/c1-28-10-9-17(14-21(28)4-3-11-29-2)23-22-8-7-20(26)13-16(22)5-6-18-12-19(25)15-27-24(18)23;2*1-2/h7-8,12-13,15,21H,3-6,9-11,14H2,1-2H3;2*1-2H3/b23-17-;;/t21-;;/m0../s1. The molecule has 182 valence electrons. The fraction of sp³-hybridized carbons (Fsp3) is 0.536. The lowest BCUT2D eigenvalue weighted by atomic mass is 9.85. The van der Waals surface area contributed by atoms with Crippen molar-refractivity contribution in [1.29, 1.82) is 0 Å². The molecule has 0 N–H and O–H groups in total. The van der Waals surface area contributed by atoms with Gasteiger partial charge in [0.05, 0.1) is 5.69 Å². The Morgan fingerprint density at radius 2 is 1.82 bits per heavy atom. The first-order chi connectivity index (χ1) is 16.1. The number of aromatic nitrogens is 1. The van der Waals surface area contributed by atoms with E-state index in [1.54, 1.807) is 7.11 Å². The molecule has 33 heavy (non-hydrogen) atoms. The molecule has 0 spiro atoms. The molecule has 1 aromatic heterocycles. The number of nitrogens with zero attached hydrogens (tertiary/aromatic N) is 2.